The molecular formula is C21H34O4. The predicted octanol–water partition coefficient (Wildman–Crippen LogP) is 5.10. The lowest BCUT2D eigenvalue weighted by molar-refractivity contribution is -0.137. The van der Waals surface area contributed by atoms with Crippen LogP contribution in [-0.4, -0.2) is 22.6 Å². The monoisotopic (exact) mass is 350 g/mol. The third kappa shape index (κ3) is 9.57. The topological polar surface area (TPSA) is 71.4 Å². The van der Waals surface area contributed by atoms with Crippen LogP contribution >= 0.6 is 0 Å². The van der Waals surface area contributed by atoms with E-state index in [1.807, 2.05) is 6.08 Å². The maximum atomic E-state index is 12.1. The van der Waals surface area contributed by atoms with E-state index in [0.29, 0.717) is 25.0 Å². The Labute approximate surface area is 152 Å². The van der Waals surface area contributed by atoms with Gasteiger partial charge in [-0.3, -0.25) is 14.4 Å². The third-order valence-corrected chi connectivity index (χ3v) is 5.12. The molecule has 1 aliphatic rings. The minimum Gasteiger partial charge on any atom is -0.481 e. The number of allylic oxidation sites excluding steroid dienone is 2. The van der Waals surface area contributed by atoms with Crippen molar-refractivity contribution in [3.63, 3.8) is 0 Å². The van der Waals surface area contributed by atoms with E-state index in [1.54, 1.807) is 6.08 Å². The van der Waals surface area contributed by atoms with Crippen molar-refractivity contribution in [3.05, 3.63) is 12.2 Å². The molecule has 1 fully saturated rings. The van der Waals surface area contributed by atoms with Gasteiger partial charge >= 0.3 is 5.97 Å². The number of rotatable bonds is 14. The molecule has 0 aromatic heterocycles. The van der Waals surface area contributed by atoms with E-state index in [2.05, 4.69) is 6.92 Å². The third-order valence-electron chi connectivity index (χ3n) is 5.12. The van der Waals surface area contributed by atoms with Gasteiger partial charge in [-0.1, -0.05) is 51.5 Å². The van der Waals surface area contributed by atoms with Gasteiger partial charge in [0, 0.05) is 25.2 Å². The van der Waals surface area contributed by atoms with Gasteiger partial charge in [-0.15, -0.1) is 0 Å². The van der Waals surface area contributed by atoms with Crippen molar-refractivity contribution in [2.24, 2.45) is 11.8 Å². The minimum absolute atomic E-state index is 0.0589. The molecule has 1 saturated carbocycles. The quantitative estimate of drug-likeness (QED) is 0.349. The van der Waals surface area contributed by atoms with Crippen LogP contribution in [0, 0.1) is 11.8 Å². The van der Waals surface area contributed by atoms with Crippen LogP contribution in [0.15, 0.2) is 12.2 Å². The fourth-order valence-corrected chi connectivity index (χ4v) is 3.57. The summed E-state index contributed by atoms with van der Waals surface area (Å²) in [5.74, 6) is 0.0451. The smallest absolute Gasteiger partial charge is 0.303 e. The molecule has 1 N–H and O–H groups in total. The molecule has 2 unspecified atom stereocenters. The van der Waals surface area contributed by atoms with Gasteiger partial charge in [-0.05, 0) is 37.7 Å². The highest BCUT2D eigenvalue weighted by Crippen LogP contribution is 2.33. The van der Waals surface area contributed by atoms with Gasteiger partial charge in [-0.2, -0.15) is 0 Å². The zero-order valence-corrected chi connectivity index (χ0v) is 15.7. The summed E-state index contributed by atoms with van der Waals surface area (Å²) in [7, 11) is 0. The SMILES string of the molecule is CCCCCCC(=O)C=CC1CCC(=O)C1CCCCCCC(=O)O. The van der Waals surface area contributed by atoms with Gasteiger partial charge in [0.05, 0.1) is 0 Å². The molecule has 142 valence electrons. The first-order valence-corrected chi connectivity index (χ1v) is 10.00. The van der Waals surface area contributed by atoms with Crippen LogP contribution in [0.2, 0.25) is 0 Å². The summed E-state index contributed by atoms with van der Waals surface area (Å²) in [5.41, 5.74) is 0. The molecule has 0 heterocycles. The van der Waals surface area contributed by atoms with Crippen molar-refractivity contribution < 1.29 is 19.5 Å². The van der Waals surface area contributed by atoms with Gasteiger partial charge in [0.25, 0.3) is 0 Å². The molecule has 0 spiro atoms. The fourth-order valence-electron chi connectivity index (χ4n) is 3.57. The number of hydrogen-bond acceptors (Lipinski definition) is 3. The second kappa shape index (κ2) is 12.8. The number of carbonyl (C=O) groups excluding carboxylic acids is 2. The molecule has 4 heteroatoms. The van der Waals surface area contributed by atoms with Crippen LogP contribution in [0.3, 0.4) is 0 Å². The van der Waals surface area contributed by atoms with Crippen LogP contribution < -0.4 is 0 Å². The zero-order chi connectivity index (χ0) is 18.5. The average molecular weight is 350 g/mol. The number of hydrogen-bond donors (Lipinski definition) is 1. The number of unbranched alkanes of at least 4 members (excludes halogenated alkanes) is 6. The summed E-state index contributed by atoms with van der Waals surface area (Å²) in [6.07, 6.45) is 14.9. The van der Waals surface area contributed by atoms with Crippen LogP contribution in [0.1, 0.15) is 90.4 Å². The Morgan fingerprint density at radius 3 is 2.44 bits per heavy atom. The van der Waals surface area contributed by atoms with Gasteiger partial charge < -0.3 is 5.11 Å². The summed E-state index contributed by atoms with van der Waals surface area (Å²) < 4.78 is 0. The van der Waals surface area contributed by atoms with E-state index in [1.165, 1.54) is 12.8 Å². The van der Waals surface area contributed by atoms with Crippen LogP contribution in [0.4, 0.5) is 0 Å². The Morgan fingerprint density at radius 1 is 1.04 bits per heavy atom. The van der Waals surface area contributed by atoms with E-state index in [9.17, 15) is 14.4 Å². The molecule has 0 amide bonds. The number of Topliss-reactive ketones (excluding diaryl/α,β-unsaturated/α-hetero) is 1. The molecule has 4 nitrogen and oxygen atoms in total. The van der Waals surface area contributed by atoms with Gasteiger partial charge in [0.2, 0.25) is 0 Å². The molecule has 2 atom stereocenters. The molecule has 1 aliphatic carbocycles. The molecule has 25 heavy (non-hydrogen) atoms. The number of aliphatic carboxylic acids is 1. The Kier molecular flexibility index (Phi) is 11.1. The summed E-state index contributed by atoms with van der Waals surface area (Å²) in [6, 6.07) is 0. The Bertz CT molecular complexity index is 453. The Hall–Kier alpha value is -1.45. The minimum atomic E-state index is -0.740. The van der Waals surface area contributed by atoms with E-state index in [-0.39, 0.29) is 24.0 Å². The number of carboxylic acid groups (broad SMARTS) is 1. The molecule has 0 radical (unpaired) electrons. The largest absolute Gasteiger partial charge is 0.481 e. The first-order valence-electron chi connectivity index (χ1n) is 10.00. The first kappa shape index (κ1) is 21.6. The maximum Gasteiger partial charge on any atom is 0.303 e. The normalized spacial score (nSPS) is 20.4. The highest BCUT2D eigenvalue weighted by atomic mass is 16.4. The number of carbonyl (C=O) groups is 3. The first-order chi connectivity index (χ1) is 12.0. The summed E-state index contributed by atoms with van der Waals surface area (Å²) in [4.78, 5) is 34.5. The zero-order valence-electron chi connectivity index (χ0n) is 15.7. The fraction of sp³-hybridized carbons (Fsp3) is 0.762. The lowest BCUT2D eigenvalue weighted by Crippen LogP contribution is -2.13. The van der Waals surface area contributed by atoms with Crippen LogP contribution in [0.25, 0.3) is 0 Å². The highest BCUT2D eigenvalue weighted by Gasteiger charge is 2.32. The summed E-state index contributed by atoms with van der Waals surface area (Å²) >= 11 is 0. The molecule has 1 rings (SSSR count). The second-order valence-corrected chi connectivity index (χ2v) is 7.26. The summed E-state index contributed by atoms with van der Waals surface area (Å²) in [6.45, 7) is 2.16. The molecule has 0 aliphatic heterocycles. The molecular weight excluding hydrogens is 316 g/mol. The molecule has 0 bridgehead atoms. The van der Waals surface area contributed by atoms with Crippen molar-refractivity contribution in [3.8, 4) is 0 Å². The van der Waals surface area contributed by atoms with Gasteiger partial charge in [0.15, 0.2) is 5.78 Å². The van der Waals surface area contributed by atoms with Crippen molar-refractivity contribution in [2.75, 3.05) is 0 Å². The van der Waals surface area contributed by atoms with Crippen molar-refractivity contribution >= 4 is 17.5 Å². The van der Waals surface area contributed by atoms with E-state index in [0.717, 1.165) is 44.9 Å². The Morgan fingerprint density at radius 2 is 1.72 bits per heavy atom. The lowest BCUT2D eigenvalue weighted by Gasteiger charge is -2.14. The van der Waals surface area contributed by atoms with E-state index < -0.39 is 5.97 Å². The molecule has 0 aromatic carbocycles. The standard InChI is InChI=1S/C21H34O4/c1-2-3-4-7-10-18(22)15-13-17-14-16-20(23)19(17)11-8-5-6-9-12-21(24)25/h13,15,17,19H,2-12,14,16H2,1H3,(H,24,25). The van der Waals surface area contributed by atoms with Gasteiger partial charge in [-0.25, -0.2) is 0 Å². The van der Waals surface area contributed by atoms with Crippen LogP contribution in [-0.2, 0) is 14.4 Å². The second-order valence-electron chi connectivity index (χ2n) is 7.26. The molecule has 0 aromatic rings. The van der Waals surface area contributed by atoms with Crippen LogP contribution in [0.5, 0.6) is 0 Å². The highest BCUT2D eigenvalue weighted by molar-refractivity contribution is 5.90. The predicted molar refractivity (Wildman–Crippen MR) is 99.5 cm³/mol. The lowest BCUT2D eigenvalue weighted by atomic mass is 9.89. The van der Waals surface area contributed by atoms with Crippen molar-refractivity contribution in [1.29, 1.82) is 0 Å². The van der Waals surface area contributed by atoms with Crippen molar-refractivity contribution in [2.45, 2.75) is 90.4 Å². The van der Waals surface area contributed by atoms with Crippen molar-refractivity contribution in [1.82, 2.24) is 0 Å². The van der Waals surface area contributed by atoms with E-state index in [4.69, 9.17) is 5.11 Å². The van der Waals surface area contributed by atoms with Gasteiger partial charge in [0.1, 0.15) is 5.78 Å². The number of ketones is 2. The Balaban J connectivity index is 2.27. The summed E-state index contributed by atoms with van der Waals surface area (Å²) in [5, 5.41) is 8.62. The van der Waals surface area contributed by atoms with E-state index >= 15 is 0 Å². The maximum absolute atomic E-state index is 12.1. The number of carboxylic acids is 1. The average Bonchev–Trinajstić information content (AvgIpc) is 2.93. The molecule has 0 saturated heterocycles.